The van der Waals surface area contributed by atoms with Gasteiger partial charge in [-0.05, 0) is 30.5 Å². The summed E-state index contributed by atoms with van der Waals surface area (Å²) in [6, 6.07) is 11.2. The number of hydrogen-bond acceptors (Lipinski definition) is 4. The van der Waals surface area contributed by atoms with Crippen LogP contribution in [-0.4, -0.2) is 31.2 Å². The van der Waals surface area contributed by atoms with E-state index in [1.54, 1.807) is 25.4 Å². The fourth-order valence-electron chi connectivity index (χ4n) is 3.64. The minimum absolute atomic E-state index is 0.0230. The van der Waals surface area contributed by atoms with E-state index in [-0.39, 0.29) is 5.91 Å². The number of ether oxygens (including phenoxy) is 2. The van der Waals surface area contributed by atoms with E-state index in [4.69, 9.17) is 21.1 Å². The fraction of sp³-hybridized carbons (Fsp3) is 0.429. The van der Waals surface area contributed by atoms with E-state index >= 15 is 0 Å². The Labute approximate surface area is 165 Å². The Balaban J connectivity index is 1.76. The van der Waals surface area contributed by atoms with E-state index in [0.717, 1.165) is 37.7 Å². The largest absolute Gasteiger partial charge is 0.475 e. The number of benzene rings is 1. The maximum Gasteiger partial charge on any atom is 0.235 e. The molecule has 0 bridgehead atoms. The van der Waals surface area contributed by atoms with E-state index in [9.17, 15) is 4.79 Å². The van der Waals surface area contributed by atoms with Gasteiger partial charge < -0.3 is 14.8 Å². The molecule has 1 N–H and O–H groups in total. The predicted molar refractivity (Wildman–Crippen MR) is 106 cm³/mol. The van der Waals surface area contributed by atoms with Crippen LogP contribution in [0.4, 0.5) is 5.69 Å². The van der Waals surface area contributed by atoms with Gasteiger partial charge in [-0.3, -0.25) is 4.79 Å². The highest BCUT2D eigenvalue weighted by molar-refractivity contribution is 6.31. The van der Waals surface area contributed by atoms with E-state index in [0.29, 0.717) is 29.8 Å². The normalized spacial score (nSPS) is 15.9. The van der Waals surface area contributed by atoms with Crippen molar-refractivity contribution in [3.8, 4) is 5.88 Å². The zero-order valence-corrected chi connectivity index (χ0v) is 16.3. The minimum atomic E-state index is -0.593. The summed E-state index contributed by atoms with van der Waals surface area (Å²) in [6.07, 6.45) is 6.40. The first-order chi connectivity index (χ1) is 13.2. The van der Waals surface area contributed by atoms with Gasteiger partial charge in [0.05, 0.1) is 23.9 Å². The summed E-state index contributed by atoms with van der Waals surface area (Å²) < 4.78 is 10.4. The summed E-state index contributed by atoms with van der Waals surface area (Å²) in [5.74, 6) is 0.480. The number of carbonyl (C=O) groups excluding carboxylic acids is 1. The van der Waals surface area contributed by atoms with E-state index in [2.05, 4.69) is 10.3 Å². The molecule has 0 aliphatic heterocycles. The molecule has 144 valence electrons. The van der Waals surface area contributed by atoms with Crippen LogP contribution in [0.2, 0.25) is 5.02 Å². The smallest absolute Gasteiger partial charge is 0.235 e. The van der Waals surface area contributed by atoms with Gasteiger partial charge in [0.15, 0.2) is 0 Å². The number of anilines is 1. The van der Waals surface area contributed by atoms with Crippen molar-refractivity contribution in [3.63, 3.8) is 0 Å². The van der Waals surface area contributed by atoms with Crippen LogP contribution < -0.4 is 10.1 Å². The van der Waals surface area contributed by atoms with Gasteiger partial charge in [-0.1, -0.05) is 49.1 Å². The molecule has 0 atom stereocenters. The number of pyridine rings is 1. The molecule has 1 aliphatic rings. The lowest BCUT2D eigenvalue weighted by atomic mass is 9.68. The topological polar surface area (TPSA) is 60.5 Å². The van der Waals surface area contributed by atoms with E-state index in [1.807, 2.05) is 24.3 Å². The third-order valence-electron chi connectivity index (χ3n) is 5.06. The third kappa shape index (κ3) is 4.60. The van der Waals surface area contributed by atoms with Crippen molar-refractivity contribution >= 4 is 23.2 Å². The summed E-state index contributed by atoms with van der Waals surface area (Å²) in [5, 5.41) is 3.68. The van der Waals surface area contributed by atoms with Crippen molar-refractivity contribution in [1.82, 2.24) is 4.98 Å². The molecule has 1 fully saturated rings. The van der Waals surface area contributed by atoms with Gasteiger partial charge in [0, 0.05) is 18.2 Å². The van der Waals surface area contributed by atoms with Crippen LogP contribution in [0.25, 0.3) is 0 Å². The number of nitrogens with zero attached hydrogens (tertiary/aromatic N) is 1. The highest BCUT2D eigenvalue weighted by Crippen LogP contribution is 2.43. The van der Waals surface area contributed by atoms with Crippen LogP contribution >= 0.6 is 11.6 Å². The molecule has 2 aromatic rings. The summed E-state index contributed by atoms with van der Waals surface area (Å²) in [5.41, 5.74) is 0.969. The van der Waals surface area contributed by atoms with Crippen molar-refractivity contribution in [2.45, 2.75) is 37.5 Å². The van der Waals surface area contributed by atoms with E-state index < -0.39 is 5.41 Å². The lowest BCUT2D eigenvalue weighted by Gasteiger charge is -2.37. The van der Waals surface area contributed by atoms with Crippen LogP contribution in [0, 0.1) is 0 Å². The Morgan fingerprint density at radius 2 is 1.93 bits per heavy atom. The van der Waals surface area contributed by atoms with Crippen molar-refractivity contribution in [3.05, 3.63) is 53.2 Å². The molecular formula is C21H25ClN2O3. The number of rotatable bonds is 7. The second kappa shape index (κ2) is 9.20. The lowest BCUT2D eigenvalue weighted by molar-refractivity contribution is -0.122. The molecule has 1 amide bonds. The number of methoxy groups -OCH3 is 1. The molecule has 3 rings (SSSR count). The average molecular weight is 389 g/mol. The number of halogens is 1. The zero-order chi connectivity index (χ0) is 19.1. The summed E-state index contributed by atoms with van der Waals surface area (Å²) >= 11 is 6.46. The van der Waals surface area contributed by atoms with Crippen LogP contribution in [0.3, 0.4) is 0 Å². The highest BCUT2D eigenvalue weighted by atomic mass is 35.5. The first-order valence-corrected chi connectivity index (χ1v) is 9.68. The van der Waals surface area contributed by atoms with E-state index in [1.165, 1.54) is 0 Å². The molecule has 1 saturated carbocycles. The highest BCUT2D eigenvalue weighted by Gasteiger charge is 2.42. The summed E-state index contributed by atoms with van der Waals surface area (Å²) in [6.45, 7) is 0.936. The Morgan fingerprint density at radius 3 is 2.59 bits per heavy atom. The molecule has 5 nitrogen and oxygen atoms in total. The molecule has 1 heterocycles. The van der Waals surface area contributed by atoms with Crippen molar-refractivity contribution in [2.24, 2.45) is 0 Å². The average Bonchev–Trinajstić information content (AvgIpc) is 2.70. The van der Waals surface area contributed by atoms with Gasteiger partial charge in [-0.15, -0.1) is 0 Å². The van der Waals surface area contributed by atoms with Crippen LogP contribution in [0.1, 0.15) is 37.7 Å². The molecule has 0 unspecified atom stereocenters. The van der Waals surface area contributed by atoms with Gasteiger partial charge in [-0.2, -0.15) is 0 Å². The summed E-state index contributed by atoms with van der Waals surface area (Å²) in [4.78, 5) is 17.5. The van der Waals surface area contributed by atoms with Crippen LogP contribution in [0.15, 0.2) is 42.6 Å². The zero-order valence-electron chi connectivity index (χ0n) is 15.5. The van der Waals surface area contributed by atoms with Crippen LogP contribution in [0.5, 0.6) is 5.88 Å². The molecule has 0 spiro atoms. The maximum absolute atomic E-state index is 13.3. The molecule has 0 radical (unpaired) electrons. The summed E-state index contributed by atoms with van der Waals surface area (Å²) in [7, 11) is 1.62. The number of carbonyl (C=O) groups is 1. The molecule has 6 heteroatoms. The Bertz CT molecular complexity index is 758. The van der Waals surface area contributed by atoms with Crippen LogP contribution in [-0.2, 0) is 14.9 Å². The third-order valence-corrected chi connectivity index (χ3v) is 5.39. The molecule has 27 heavy (non-hydrogen) atoms. The predicted octanol–water partition coefficient (Wildman–Crippen LogP) is 4.60. The van der Waals surface area contributed by atoms with Gasteiger partial charge in [0.1, 0.15) is 6.61 Å². The van der Waals surface area contributed by atoms with Crippen molar-refractivity contribution < 1.29 is 14.3 Å². The van der Waals surface area contributed by atoms with Gasteiger partial charge in [-0.25, -0.2) is 4.98 Å². The van der Waals surface area contributed by atoms with Crippen molar-refractivity contribution in [2.75, 3.05) is 25.6 Å². The first kappa shape index (κ1) is 19.6. The molecule has 1 aromatic carbocycles. The minimum Gasteiger partial charge on any atom is -0.475 e. The number of hydrogen-bond donors (Lipinski definition) is 1. The second-order valence-electron chi connectivity index (χ2n) is 6.80. The van der Waals surface area contributed by atoms with Gasteiger partial charge in [0.25, 0.3) is 0 Å². The van der Waals surface area contributed by atoms with Gasteiger partial charge in [0.2, 0.25) is 11.8 Å². The second-order valence-corrected chi connectivity index (χ2v) is 7.21. The first-order valence-electron chi connectivity index (χ1n) is 9.30. The number of aromatic nitrogens is 1. The maximum atomic E-state index is 13.3. The lowest BCUT2D eigenvalue weighted by Crippen LogP contribution is -2.42. The fourth-order valence-corrected chi connectivity index (χ4v) is 3.96. The number of amides is 1. The molecular weight excluding hydrogens is 364 g/mol. The molecule has 1 aromatic heterocycles. The quantitative estimate of drug-likeness (QED) is 0.704. The molecule has 0 saturated heterocycles. The monoisotopic (exact) mass is 388 g/mol. The Morgan fingerprint density at radius 1 is 1.15 bits per heavy atom. The Hall–Kier alpha value is -2.11. The van der Waals surface area contributed by atoms with Crippen molar-refractivity contribution in [1.29, 1.82) is 0 Å². The SMILES string of the molecule is COCCOc1ccc(NC(=O)C2(c3ccccc3Cl)CCCCC2)cn1. The standard InChI is InChI=1S/C21H25ClN2O3/c1-26-13-14-27-19-10-9-16(15-23-19)24-20(25)21(11-5-2-6-12-21)17-7-3-4-8-18(17)22/h3-4,7-10,15H,2,5-6,11-14H2,1H3,(H,24,25). The Kier molecular flexibility index (Phi) is 6.69. The number of nitrogens with one attached hydrogen (secondary N) is 1. The molecule has 1 aliphatic carbocycles. The van der Waals surface area contributed by atoms with Gasteiger partial charge >= 0.3 is 0 Å².